The summed E-state index contributed by atoms with van der Waals surface area (Å²) < 4.78 is 1.90. The molecular formula is C20H23N5. The van der Waals surface area contributed by atoms with Gasteiger partial charge in [-0.2, -0.15) is 5.10 Å². The van der Waals surface area contributed by atoms with Crippen molar-refractivity contribution in [3.63, 3.8) is 0 Å². The number of guanidine groups is 1. The molecule has 25 heavy (non-hydrogen) atoms. The Morgan fingerprint density at radius 3 is 2.40 bits per heavy atom. The molecule has 128 valence electrons. The van der Waals surface area contributed by atoms with E-state index >= 15 is 0 Å². The number of nitrogens with one attached hydrogen (secondary N) is 2. The molecule has 0 atom stereocenters. The quantitative estimate of drug-likeness (QED) is 0.539. The predicted octanol–water partition coefficient (Wildman–Crippen LogP) is 2.78. The van der Waals surface area contributed by atoms with Crippen molar-refractivity contribution >= 4 is 5.96 Å². The van der Waals surface area contributed by atoms with Crippen molar-refractivity contribution < 1.29 is 0 Å². The van der Waals surface area contributed by atoms with E-state index in [4.69, 9.17) is 0 Å². The summed E-state index contributed by atoms with van der Waals surface area (Å²) in [5.41, 5.74) is 3.49. The van der Waals surface area contributed by atoms with Crippen LogP contribution in [0.25, 0.3) is 5.69 Å². The predicted molar refractivity (Wildman–Crippen MR) is 102 cm³/mol. The second kappa shape index (κ2) is 8.68. The number of hydrogen-bond acceptors (Lipinski definition) is 2. The van der Waals surface area contributed by atoms with E-state index < -0.39 is 0 Å². The summed E-state index contributed by atoms with van der Waals surface area (Å²) in [4.78, 5) is 4.26. The van der Waals surface area contributed by atoms with Gasteiger partial charge in [0, 0.05) is 26.3 Å². The zero-order valence-corrected chi connectivity index (χ0v) is 14.4. The van der Waals surface area contributed by atoms with Crippen molar-refractivity contribution in [2.24, 2.45) is 4.99 Å². The molecular weight excluding hydrogens is 310 g/mol. The second-order valence-corrected chi connectivity index (χ2v) is 5.72. The number of aromatic nitrogens is 2. The summed E-state index contributed by atoms with van der Waals surface area (Å²) in [7, 11) is 1.79. The molecule has 0 bridgehead atoms. The minimum absolute atomic E-state index is 0.756. The Hall–Kier alpha value is -3.08. The van der Waals surface area contributed by atoms with E-state index in [9.17, 15) is 0 Å². The lowest BCUT2D eigenvalue weighted by molar-refractivity contribution is 0.794. The number of benzene rings is 2. The third-order valence-electron chi connectivity index (χ3n) is 3.89. The molecule has 0 unspecified atom stereocenters. The van der Waals surface area contributed by atoms with Gasteiger partial charge in [-0.3, -0.25) is 4.99 Å². The van der Waals surface area contributed by atoms with Crippen LogP contribution in [-0.2, 0) is 13.0 Å². The minimum Gasteiger partial charge on any atom is -0.356 e. The fraction of sp³-hybridized carbons (Fsp3) is 0.200. The molecule has 0 saturated carbocycles. The Bertz CT molecular complexity index is 793. The molecule has 3 rings (SSSR count). The molecule has 0 amide bonds. The molecule has 2 aromatic carbocycles. The fourth-order valence-electron chi connectivity index (χ4n) is 2.54. The number of nitrogens with zero attached hydrogens (tertiary/aromatic N) is 3. The van der Waals surface area contributed by atoms with E-state index in [1.54, 1.807) is 7.05 Å². The lowest BCUT2D eigenvalue weighted by Crippen LogP contribution is -2.37. The van der Waals surface area contributed by atoms with Gasteiger partial charge in [-0.25, -0.2) is 4.68 Å². The Balaban J connectivity index is 1.46. The van der Waals surface area contributed by atoms with Gasteiger partial charge in [0.05, 0.1) is 11.9 Å². The highest BCUT2D eigenvalue weighted by Gasteiger charge is 2.02. The van der Waals surface area contributed by atoms with E-state index in [-0.39, 0.29) is 0 Å². The molecule has 0 fully saturated rings. The molecule has 3 aromatic rings. The van der Waals surface area contributed by atoms with Gasteiger partial charge in [-0.1, -0.05) is 48.5 Å². The van der Waals surface area contributed by atoms with Crippen molar-refractivity contribution in [1.82, 2.24) is 20.4 Å². The first-order valence-corrected chi connectivity index (χ1v) is 8.42. The molecule has 0 radical (unpaired) electrons. The minimum atomic E-state index is 0.756. The molecule has 0 spiro atoms. The summed E-state index contributed by atoms with van der Waals surface area (Å²) in [6.45, 7) is 1.56. The molecule has 0 aliphatic heterocycles. The highest BCUT2D eigenvalue weighted by molar-refractivity contribution is 5.79. The maximum atomic E-state index is 4.42. The highest BCUT2D eigenvalue weighted by atomic mass is 15.3. The van der Waals surface area contributed by atoms with Gasteiger partial charge in [0.25, 0.3) is 0 Å². The van der Waals surface area contributed by atoms with E-state index in [1.807, 2.05) is 59.4 Å². The number of rotatable bonds is 6. The van der Waals surface area contributed by atoms with E-state index in [0.29, 0.717) is 0 Å². The standard InChI is InChI=1S/C20H23N5/c1-21-20(23-14-17-8-4-2-5-9-17)22-13-12-18-15-24-25(16-18)19-10-6-3-7-11-19/h2-11,15-16H,12-14H2,1H3,(H2,21,22,23). The smallest absolute Gasteiger partial charge is 0.191 e. The van der Waals surface area contributed by atoms with Crippen LogP contribution in [0.1, 0.15) is 11.1 Å². The van der Waals surface area contributed by atoms with Crippen molar-refractivity contribution in [1.29, 1.82) is 0 Å². The maximum absolute atomic E-state index is 4.42. The first-order chi connectivity index (χ1) is 12.3. The van der Waals surface area contributed by atoms with Crippen molar-refractivity contribution in [2.75, 3.05) is 13.6 Å². The molecule has 0 aliphatic carbocycles. The van der Waals surface area contributed by atoms with Crippen LogP contribution in [0, 0.1) is 0 Å². The highest BCUT2D eigenvalue weighted by Crippen LogP contribution is 2.07. The average Bonchev–Trinajstić information content (AvgIpc) is 3.15. The van der Waals surface area contributed by atoms with Gasteiger partial charge in [0.1, 0.15) is 0 Å². The lowest BCUT2D eigenvalue weighted by Gasteiger charge is -2.11. The summed E-state index contributed by atoms with van der Waals surface area (Å²) in [6.07, 6.45) is 4.87. The van der Waals surface area contributed by atoms with Crippen LogP contribution in [-0.4, -0.2) is 29.3 Å². The van der Waals surface area contributed by atoms with Crippen molar-refractivity contribution in [3.8, 4) is 5.69 Å². The number of aliphatic imine (C=N–C) groups is 1. The van der Waals surface area contributed by atoms with Crippen molar-refractivity contribution in [3.05, 3.63) is 84.2 Å². The van der Waals surface area contributed by atoms with Crippen LogP contribution in [0.3, 0.4) is 0 Å². The molecule has 5 nitrogen and oxygen atoms in total. The number of para-hydroxylation sites is 1. The fourth-order valence-corrected chi connectivity index (χ4v) is 2.54. The first-order valence-electron chi connectivity index (χ1n) is 8.42. The van der Waals surface area contributed by atoms with E-state index in [0.717, 1.165) is 31.2 Å². The van der Waals surface area contributed by atoms with Gasteiger partial charge in [0.2, 0.25) is 0 Å². The third kappa shape index (κ3) is 4.94. The van der Waals surface area contributed by atoms with Gasteiger partial charge < -0.3 is 10.6 Å². The Morgan fingerprint density at radius 1 is 0.960 bits per heavy atom. The van der Waals surface area contributed by atoms with Crippen LogP contribution in [0.4, 0.5) is 0 Å². The average molecular weight is 333 g/mol. The van der Waals surface area contributed by atoms with Crippen LogP contribution < -0.4 is 10.6 Å². The SMILES string of the molecule is CN=C(NCCc1cnn(-c2ccccc2)c1)NCc1ccccc1. The third-order valence-corrected chi connectivity index (χ3v) is 3.89. The molecule has 5 heteroatoms. The Labute approximate surface area is 148 Å². The van der Waals surface area contributed by atoms with Crippen LogP contribution in [0.15, 0.2) is 78.0 Å². The first kappa shape index (κ1) is 16.8. The maximum Gasteiger partial charge on any atom is 0.191 e. The second-order valence-electron chi connectivity index (χ2n) is 5.72. The van der Waals surface area contributed by atoms with Gasteiger partial charge in [0.15, 0.2) is 5.96 Å². The largest absolute Gasteiger partial charge is 0.356 e. The number of hydrogen-bond donors (Lipinski definition) is 2. The molecule has 0 aliphatic rings. The zero-order chi connectivity index (χ0) is 17.3. The van der Waals surface area contributed by atoms with Crippen LogP contribution in [0.2, 0.25) is 0 Å². The molecule has 1 aromatic heterocycles. The Kier molecular flexibility index (Phi) is 5.82. The van der Waals surface area contributed by atoms with Crippen LogP contribution in [0.5, 0.6) is 0 Å². The zero-order valence-electron chi connectivity index (χ0n) is 14.4. The van der Waals surface area contributed by atoms with E-state index in [2.05, 4.69) is 39.1 Å². The van der Waals surface area contributed by atoms with Gasteiger partial charge in [-0.05, 0) is 29.7 Å². The monoisotopic (exact) mass is 333 g/mol. The summed E-state index contributed by atoms with van der Waals surface area (Å²) >= 11 is 0. The van der Waals surface area contributed by atoms with Gasteiger partial charge >= 0.3 is 0 Å². The van der Waals surface area contributed by atoms with Crippen molar-refractivity contribution in [2.45, 2.75) is 13.0 Å². The summed E-state index contributed by atoms with van der Waals surface area (Å²) in [5, 5.41) is 11.1. The molecule has 1 heterocycles. The molecule has 0 saturated heterocycles. The lowest BCUT2D eigenvalue weighted by atomic mass is 10.2. The molecule has 2 N–H and O–H groups in total. The topological polar surface area (TPSA) is 54.2 Å². The summed E-state index contributed by atoms with van der Waals surface area (Å²) in [5.74, 6) is 0.805. The van der Waals surface area contributed by atoms with E-state index in [1.165, 1.54) is 11.1 Å². The Morgan fingerprint density at radius 2 is 1.68 bits per heavy atom. The normalized spacial score (nSPS) is 11.3. The summed E-state index contributed by atoms with van der Waals surface area (Å²) in [6, 6.07) is 20.4. The van der Waals surface area contributed by atoms with Gasteiger partial charge in [-0.15, -0.1) is 0 Å². The van der Waals surface area contributed by atoms with Crippen LogP contribution >= 0.6 is 0 Å².